The van der Waals surface area contributed by atoms with Gasteiger partial charge in [0.2, 0.25) is 0 Å². The lowest BCUT2D eigenvalue weighted by molar-refractivity contribution is -0.139. The summed E-state index contributed by atoms with van der Waals surface area (Å²) in [5, 5.41) is 11.8. The highest BCUT2D eigenvalue weighted by atomic mass is 16.6. The van der Waals surface area contributed by atoms with Crippen LogP contribution in [0.15, 0.2) is 24.8 Å². The quantitative estimate of drug-likeness (QED) is 0.886. The minimum Gasteiger partial charge on any atom is -0.480 e. The van der Waals surface area contributed by atoms with Crippen LogP contribution in [0, 0.1) is 0 Å². The van der Waals surface area contributed by atoms with Crippen LogP contribution in [0.4, 0.5) is 4.79 Å². The summed E-state index contributed by atoms with van der Waals surface area (Å²) in [6.07, 6.45) is 1.30. The van der Waals surface area contributed by atoms with E-state index in [4.69, 9.17) is 9.84 Å². The maximum atomic E-state index is 12.2. The maximum absolute atomic E-state index is 12.2. The number of carbonyl (C=O) groups is 2. The van der Waals surface area contributed by atoms with Crippen LogP contribution in [0.2, 0.25) is 0 Å². The van der Waals surface area contributed by atoms with Gasteiger partial charge < -0.3 is 15.2 Å². The Balaban J connectivity index is 1.61. The zero-order chi connectivity index (χ0) is 15.7. The van der Waals surface area contributed by atoms with E-state index in [1.54, 1.807) is 11.0 Å². The third-order valence-electron chi connectivity index (χ3n) is 4.15. The summed E-state index contributed by atoms with van der Waals surface area (Å²) in [6.45, 7) is 5.18. The first kappa shape index (κ1) is 14.6. The Morgan fingerprint density at radius 1 is 1.41 bits per heavy atom. The molecule has 1 aromatic carbocycles. The molecule has 6 nitrogen and oxygen atoms in total. The van der Waals surface area contributed by atoms with E-state index in [1.807, 2.05) is 18.2 Å². The van der Waals surface area contributed by atoms with Crippen LogP contribution in [-0.4, -0.2) is 40.8 Å². The molecule has 22 heavy (non-hydrogen) atoms. The van der Waals surface area contributed by atoms with Gasteiger partial charge in [0.15, 0.2) is 0 Å². The second-order valence-corrected chi connectivity index (χ2v) is 5.59. The monoisotopic (exact) mass is 302 g/mol. The first-order valence-electron chi connectivity index (χ1n) is 7.23. The van der Waals surface area contributed by atoms with Crippen molar-refractivity contribution >= 4 is 18.1 Å². The number of carbonyl (C=O) groups excluding carboxylic acids is 1. The molecule has 1 aromatic rings. The number of amides is 1. The highest BCUT2D eigenvalue weighted by Gasteiger charge is 2.34. The molecule has 2 N–H and O–H groups in total. The predicted octanol–water partition coefficient (Wildman–Crippen LogP) is 1.60. The van der Waals surface area contributed by atoms with Gasteiger partial charge in [-0.25, -0.2) is 4.79 Å². The molecule has 2 aliphatic heterocycles. The Bertz CT molecular complexity index is 629. The minimum atomic E-state index is -0.914. The van der Waals surface area contributed by atoms with Crippen molar-refractivity contribution in [2.24, 2.45) is 0 Å². The molecule has 0 aliphatic carbocycles. The fourth-order valence-electron chi connectivity index (χ4n) is 2.97. The summed E-state index contributed by atoms with van der Waals surface area (Å²) in [5.74, 6) is -0.914. The number of nitrogens with zero attached hydrogens (tertiary/aromatic N) is 1. The average Bonchev–Trinajstić information content (AvgIpc) is 3.12. The second-order valence-electron chi connectivity index (χ2n) is 5.59. The minimum absolute atomic E-state index is 0.305. The Morgan fingerprint density at radius 3 is 2.91 bits per heavy atom. The van der Waals surface area contributed by atoms with Gasteiger partial charge in [-0.15, -0.1) is 0 Å². The Labute approximate surface area is 128 Å². The van der Waals surface area contributed by atoms with Gasteiger partial charge in [-0.05, 0) is 16.7 Å². The lowest BCUT2D eigenvalue weighted by Gasteiger charge is -2.18. The van der Waals surface area contributed by atoms with Crippen LogP contribution in [-0.2, 0) is 22.6 Å². The molecule has 2 atom stereocenters. The van der Waals surface area contributed by atoms with E-state index >= 15 is 0 Å². The Hall–Kier alpha value is -2.34. The third kappa shape index (κ3) is 2.69. The van der Waals surface area contributed by atoms with Gasteiger partial charge in [0, 0.05) is 19.5 Å². The van der Waals surface area contributed by atoms with Gasteiger partial charge in [-0.3, -0.25) is 9.69 Å². The number of carboxylic acids is 1. The molecule has 1 fully saturated rings. The second kappa shape index (κ2) is 5.81. The van der Waals surface area contributed by atoms with Crippen molar-refractivity contribution in [1.29, 1.82) is 0 Å². The normalized spacial score (nSPS) is 23.2. The molecule has 0 radical (unpaired) electrons. The summed E-state index contributed by atoms with van der Waals surface area (Å²) < 4.78 is 5.42. The van der Waals surface area contributed by atoms with Crippen LogP contribution in [0.3, 0.4) is 0 Å². The van der Waals surface area contributed by atoms with Gasteiger partial charge >= 0.3 is 12.1 Å². The number of carboxylic acid groups (broad SMARTS) is 1. The number of ether oxygens (including phenoxy) is 1. The number of nitrogens with one attached hydrogen (secondary N) is 1. The summed E-state index contributed by atoms with van der Waals surface area (Å²) in [7, 11) is 0. The highest BCUT2D eigenvalue weighted by molar-refractivity contribution is 5.74. The van der Waals surface area contributed by atoms with Gasteiger partial charge in [-0.2, -0.15) is 0 Å². The molecule has 2 aliphatic rings. The molecule has 0 aromatic heterocycles. The van der Waals surface area contributed by atoms with Crippen LogP contribution < -0.4 is 5.32 Å². The lowest BCUT2D eigenvalue weighted by atomic mass is 10.0. The largest absolute Gasteiger partial charge is 0.480 e. The van der Waals surface area contributed by atoms with Crippen LogP contribution in [0.25, 0.3) is 6.08 Å². The van der Waals surface area contributed by atoms with Crippen LogP contribution in [0.5, 0.6) is 0 Å². The number of fused-ring (bicyclic) bond motifs is 1. The smallest absolute Gasteiger partial charge is 0.410 e. The topological polar surface area (TPSA) is 78.9 Å². The molecule has 0 saturated carbocycles. The SMILES string of the molecule is C=Cc1cccc2c1CN(C(=O)O[C@H]1CNC(C(=O)O)C1)C2. The predicted molar refractivity (Wildman–Crippen MR) is 80.1 cm³/mol. The van der Waals surface area contributed by atoms with E-state index in [-0.39, 0.29) is 0 Å². The maximum Gasteiger partial charge on any atom is 0.410 e. The van der Waals surface area contributed by atoms with Crippen molar-refractivity contribution < 1.29 is 19.4 Å². The zero-order valence-corrected chi connectivity index (χ0v) is 12.1. The Kier molecular flexibility index (Phi) is 3.85. The molecule has 1 saturated heterocycles. The number of benzene rings is 1. The molecule has 116 valence electrons. The Morgan fingerprint density at radius 2 is 2.23 bits per heavy atom. The van der Waals surface area contributed by atoms with Crippen LogP contribution >= 0.6 is 0 Å². The number of rotatable bonds is 3. The highest BCUT2D eigenvalue weighted by Crippen LogP contribution is 2.27. The first-order chi connectivity index (χ1) is 10.6. The van der Waals surface area contributed by atoms with Crippen LogP contribution in [0.1, 0.15) is 23.1 Å². The molecule has 1 unspecified atom stereocenters. The summed E-state index contributed by atoms with van der Waals surface area (Å²) >= 11 is 0. The van der Waals surface area contributed by atoms with Crippen molar-refractivity contribution in [3.63, 3.8) is 0 Å². The van der Waals surface area contributed by atoms with Crippen molar-refractivity contribution in [3.8, 4) is 0 Å². The van der Waals surface area contributed by atoms with Crippen molar-refractivity contribution in [2.75, 3.05) is 6.54 Å². The van der Waals surface area contributed by atoms with Gasteiger partial charge in [0.25, 0.3) is 0 Å². The molecular formula is C16H18N2O4. The fourth-order valence-corrected chi connectivity index (χ4v) is 2.97. The lowest BCUT2D eigenvalue weighted by Crippen LogP contribution is -2.31. The summed E-state index contributed by atoms with van der Waals surface area (Å²) in [6, 6.07) is 5.27. The third-order valence-corrected chi connectivity index (χ3v) is 4.15. The standard InChI is InChI=1S/C16H18N2O4/c1-2-10-4-3-5-11-8-18(9-13(10)11)16(21)22-12-6-14(15(19)20)17-7-12/h2-5,12,14,17H,1,6-9H2,(H,19,20)/t12-,14?/m1/s1. The van der Waals surface area contributed by atoms with E-state index in [2.05, 4.69) is 11.9 Å². The molecule has 0 spiro atoms. The van der Waals surface area contributed by atoms with Gasteiger partial charge in [0.05, 0.1) is 6.54 Å². The first-order valence-corrected chi connectivity index (χ1v) is 7.23. The zero-order valence-electron chi connectivity index (χ0n) is 12.1. The number of hydrogen-bond donors (Lipinski definition) is 2. The van der Waals surface area contributed by atoms with E-state index in [1.165, 1.54) is 0 Å². The van der Waals surface area contributed by atoms with Gasteiger partial charge in [0.1, 0.15) is 12.1 Å². The average molecular weight is 302 g/mol. The summed E-state index contributed by atoms with van der Waals surface area (Å²) in [5.41, 5.74) is 3.23. The van der Waals surface area contributed by atoms with E-state index in [9.17, 15) is 9.59 Å². The van der Waals surface area contributed by atoms with E-state index in [0.29, 0.717) is 26.1 Å². The van der Waals surface area contributed by atoms with Gasteiger partial charge in [-0.1, -0.05) is 30.9 Å². The summed E-state index contributed by atoms with van der Waals surface area (Å²) in [4.78, 5) is 24.8. The molecule has 0 bridgehead atoms. The molecule has 3 rings (SSSR count). The molecule has 1 amide bonds. The molecule has 6 heteroatoms. The van der Waals surface area contributed by atoms with Crippen molar-refractivity contribution in [3.05, 3.63) is 41.5 Å². The molecule has 2 heterocycles. The van der Waals surface area contributed by atoms with E-state index in [0.717, 1.165) is 16.7 Å². The fraction of sp³-hybridized carbons (Fsp3) is 0.375. The molecular weight excluding hydrogens is 284 g/mol. The number of aliphatic carboxylic acids is 1. The van der Waals surface area contributed by atoms with Crippen molar-refractivity contribution in [2.45, 2.75) is 31.7 Å². The van der Waals surface area contributed by atoms with Crippen molar-refractivity contribution in [1.82, 2.24) is 10.2 Å². The van der Waals surface area contributed by atoms with E-state index < -0.39 is 24.2 Å². The number of hydrogen-bond acceptors (Lipinski definition) is 4.